The zero-order chi connectivity index (χ0) is 18.2. The Kier molecular flexibility index (Phi) is 4.13. The van der Waals surface area contributed by atoms with E-state index in [2.05, 4.69) is 26.7 Å². The number of carbonyl (C=O) groups is 1. The molecule has 6 nitrogen and oxygen atoms in total. The summed E-state index contributed by atoms with van der Waals surface area (Å²) in [7, 11) is 0. The first-order valence-corrected chi connectivity index (χ1v) is 9.57. The van der Waals surface area contributed by atoms with E-state index in [-0.39, 0.29) is 11.9 Å². The number of ether oxygens (including phenoxy) is 1. The van der Waals surface area contributed by atoms with Gasteiger partial charge in [0, 0.05) is 32.0 Å². The highest BCUT2D eigenvalue weighted by Crippen LogP contribution is 2.34. The molecule has 3 aromatic rings. The number of likely N-dealkylation sites (tertiary alicyclic amines) is 1. The number of imidazole rings is 1. The summed E-state index contributed by atoms with van der Waals surface area (Å²) in [6.07, 6.45) is 6.49. The molecule has 2 aliphatic heterocycles. The molecule has 0 radical (unpaired) electrons. The zero-order valence-electron chi connectivity index (χ0n) is 15.1. The number of aromatic nitrogens is 3. The average molecular weight is 362 g/mol. The Morgan fingerprint density at radius 1 is 1.07 bits per heavy atom. The highest BCUT2D eigenvalue weighted by molar-refractivity contribution is 5.97. The second-order valence-electron chi connectivity index (χ2n) is 7.28. The lowest BCUT2D eigenvalue weighted by atomic mass is 9.94. The maximum absolute atomic E-state index is 13.0. The van der Waals surface area contributed by atoms with Crippen molar-refractivity contribution in [2.45, 2.75) is 31.3 Å². The molecule has 0 aliphatic carbocycles. The molecule has 6 heteroatoms. The van der Waals surface area contributed by atoms with Gasteiger partial charge in [-0.2, -0.15) is 0 Å². The standard InChI is InChI=1S/C21H22N4O2/c26-21(24-9-6-19(24)15-4-2-1-3-5-15)16-12-18-20(22-13-16)25(14-23-18)17-7-10-27-11-8-17/h1-5,12-14,17,19H,6-11H2. The minimum Gasteiger partial charge on any atom is -0.381 e. The van der Waals surface area contributed by atoms with Gasteiger partial charge in [0.05, 0.1) is 17.9 Å². The molecule has 5 rings (SSSR count). The molecule has 2 saturated heterocycles. The maximum Gasteiger partial charge on any atom is 0.256 e. The van der Waals surface area contributed by atoms with Gasteiger partial charge in [0.25, 0.3) is 5.91 Å². The Morgan fingerprint density at radius 3 is 2.63 bits per heavy atom. The highest BCUT2D eigenvalue weighted by Gasteiger charge is 2.34. The lowest BCUT2D eigenvalue weighted by Crippen LogP contribution is -2.45. The largest absolute Gasteiger partial charge is 0.381 e. The van der Waals surface area contributed by atoms with E-state index in [0.717, 1.165) is 50.2 Å². The zero-order valence-corrected chi connectivity index (χ0v) is 15.1. The number of rotatable bonds is 3. The minimum atomic E-state index is 0.0325. The van der Waals surface area contributed by atoms with Crippen molar-refractivity contribution in [3.05, 3.63) is 60.0 Å². The summed E-state index contributed by atoms with van der Waals surface area (Å²) in [5.74, 6) is 0.0325. The van der Waals surface area contributed by atoms with Gasteiger partial charge in [0.2, 0.25) is 0 Å². The van der Waals surface area contributed by atoms with Gasteiger partial charge in [-0.3, -0.25) is 4.79 Å². The summed E-state index contributed by atoms with van der Waals surface area (Å²) in [5, 5.41) is 0. The van der Waals surface area contributed by atoms with Gasteiger partial charge in [-0.25, -0.2) is 9.97 Å². The summed E-state index contributed by atoms with van der Waals surface area (Å²) in [6.45, 7) is 2.33. The predicted octanol–water partition coefficient (Wildman–Crippen LogP) is 3.37. The molecule has 1 unspecified atom stereocenters. The SMILES string of the molecule is O=C(c1cnc2c(c1)ncn2C1CCOCC1)N1CCC1c1ccccc1. The second-order valence-corrected chi connectivity index (χ2v) is 7.28. The first-order valence-electron chi connectivity index (χ1n) is 9.57. The number of benzene rings is 1. The molecule has 0 N–H and O–H groups in total. The van der Waals surface area contributed by atoms with Crippen LogP contribution in [0.3, 0.4) is 0 Å². The maximum atomic E-state index is 13.0. The van der Waals surface area contributed by atoms with Gasteiger partial charge in [-0.15, -0.1) is 0 Å². The fraction of sp³-hybridized carbons (Fsp3) is 0.381. The van der Waals surface area contributed by atoms with Crippen LogP contribution in [0.4, 0.5) is 0 Å². The van der Waals surface area contributed by atoms with Crippen molar-refractivity contribution in [3.8, 4) is 0 Å². The number of carbonyl (C=O) groups excluding carboxylic acids is 1. The van der Waals surface area contributed by atoms with E-state index >= 15 is 0 Å². The van der Waals surface area contributed by atoms with E-state index in [0.29, 0.717) is 11.6 Å². The van der Waals surface area contributed by atoms with Gasteiger partial charge in [-0.1, -0.05) is 30.3 Å². The van der Waals surface area contributed by atoms with Crippen LogP contribution < -0.4 is 0 Å². The Balaban J connectivity index is 1.40. The minimum absolute atomic E-state index is 0.0325. The summed E-state index contributed by atoms with van der Waals surface area (Å²) in [4.78, 5) is 24.0. The average Bonchev–Trinajstić information content (AvgIpc) is 3.12. The third-order valence-electron chi connectivity index (χ3n) is 5.71. The molecule has 1 amide bonds. The number of nitrogens with zero attached hydrogens (tertiary/aromatic N) is 4. The van der Waals surface area contributed by atoms with Gasteiger partial charge in [0.1, 0.15) is 5.52 Å². The monoisotopic (exact) mass is 362 g/mol. The molecule has 0 bridgehead atoms. The molecule has 1 atom stereocenters. The molecule has 4 heterocycles. The summed E-state index contributed by atoms with van der Waals surface area (Å²) < 4.78 is 7.58. The Labute approximate surface area is 157 Å². The Morgan fingerprint density at radius 2 is 1.89 bits per heavy atom. The third-order valence-corrected chi connectivity index (χ3v) is 5.71. The first-order chi connectivity index (χ1) is 13.3. The number of hydrogen-bond donors (Lipinski definition) is 0. The highest BCUT2D eigenvalue weighted by atomic mass is 16.5. The second kappa shape index (κ2) is 6.78. The number of fused-ring (bicyclic) bond motifs is 1. The van der Waals surface area contributed by atoms with E-state index in [1.807, 2.05) is 35.5 Å². The van der Waals surface area contributed by atoms with E-state index < -0.39 is 0 Å². The predicted molar refractivity (Wildman–Crippen MR) is 101 cm³/mol. The Bertz CT molecular complexity index is 963. The number of pyridine rings is 1. The van der Waals surface area contributed by atoms with Crippen LogP contribution in [0.1, 0.15) is 47.3 Å². The van der Waals surface area contributed by atoms with Gasteiger partial charge >= 0.3 is 0 Å². The normalized spacial score (nSPS) is 20.6. The van der Waals surface area contributed by atoms with Crippen molar-refractivity contribution in [2.24, 2.45) is 0 Å². The van der Waals surface area contributed by atoms with E-state index in [9.17, 15) is 4.79 Å². The quantitative estimate of drug-likeness (QED) is 0.717. The lowest BCUT2D eigenvalue weighted by Gasteiger charge is -2.41. The summed E-state index contributed by atoms with van der Waals surface area (Å²) >= 11 is 0. The first kappa shape index (κ1) is 16.4. The molecular formula is C21H22N4O2. The topological polar surface area (TPSA) is 60.3 Å². The molecule has 2 fully saturated rings. The molecule has 2 aromatic heterocycles. The van der Waals surface area contributed by atoms with E-state index in [1.54, 1.807) is 6.20 Å². The molecular weight excluding hydrogens is 340 g/mol. The van der Waals surface area contributed by atoms with Crippen molar-refractivity contribution in [1.29, 1.82) is 0 Å². The fourth-order valence-corrected chi connectivity index (χ4v) is 4.08. The smallest absolute Gasteiger partial charge is 0.256 e. The van der Waals surface area contributed by atoms with Crippen LogP contribution in [0.15, 0.2) is 48.9 Å². The van der Waals surface area contributed by atoms with Gasteiger partial charge in [-0.05, 0) is 30.9 Å². The summed E-state index contributed by atoms with van der Waals surface area (Å²) in [6, 6.07) is 12.6. The fourth-order valence-electron chi connectivity index (χ4n) is 4.08. The number of amides is 1. The molecule has 1 aromatic carbocycles. The molecule has 0 spiro atoms. The van der Waals surface area contributed by atoms with Crippen LogP contribution in [0, 0.1) is 0 Å². The van der Waals surface area contributed by atoms with Crippen LogP contribution in [-0.4, -0.2) is 45.1 Å². The van der Waals surface area contributed by atoms with Crippen molar-refractivity contribution in [1.82, 2.24) is 19.4 Å². The van der Waals surface area contributed by atoms with Crippen LogP contribution in [0.2, 0.25) is 0 Å². The molecule has 0 saturated carbocycles. The molecule has 27 heavy (non-hydrogen) atoms. The van der Waals surface area contributed by atoms with Gasteiger partial charge < -0.3 is 14.2 Å². The van der Waals surface area contributed by atoms with Crippen molar-refractivity contribution >= 4 is 17.1 Å². The van der Waals surface area contributed by atoms with Crippen molar-refractivity contribution < 1.29 is 9.53 Å². The molecule has 2 aliphatic rings. The van der Waals surface area contributed by atoms with Crippen LogP contribution in [-0.2, 0) is 4.74 Å². The summed E-state index contributed by atoms with van der Waals surface area (Å²) in [5.41, 5.74) is 3.43. The van der Waals surface area contributed by atoms with Crippen LogP contribution in [0.5, 0.6) is 0 Å². The van der Waals surface area contributed by atoms with E-state index in [4.69, 9.17) is 4.74 Å². The third kappa shape index (κ3) is 2.90. The number of hydrogen-bond acceptors (Lipinski definition) is 4. The Hall–Kier alpha value is -2.73. The van der Waals surface area contributed by atoms with Gasteiger partial charge in [0.15, 0.2) is 5.65 Å². The van der Waals surface area contributed by atoms with Crippen molar-refractivity contribution in [3.63, 3.8) is 0 Å². The van der Waals surface area contributed by atoms with E-state index in [1.165, 1.54) is 5.56 Å². The van der Waals surface area contributed by atoms with Crippen LogP contribution >= 0.6 is 0 Å². The van der Waals surface area contributed by atoms with Crippen molar-refractivity contribution in [2.75, 3.05) is 19.8 Å². The van der Waals surface area contributed by atoms with Crippen LogP contribution in [0.25, 0.3) is 11.2 Å². The molecule has 138 valence electrons. The lowest BCUT2D eigenvalue weighted by molar-refractivity contribution is 0.0460.